The monoisotopic (exact) mass is 358 g/mol. The van der Waals surface area contributed by atoms with E-state index in [4.69, 9.17) is 4.98 Å². The van der Waals surface area contributed by atoms with Gasteiger partial charge in [0.15, 0.2) is 5.69 Å². The fourth-order valence-electron chi connectivity index (χ4n) is 4.22. The zero-order chi connectivity index (χ0) is 17.6. The highest BCUT2D eigenvalue weighted by atomic mass is 32.1. The van der Waals surface area contributed by atoms with Crippen molar-refractivity contribution in [1.29, 1.82) is 0 Å². The standard InChI is InChI=1S/C19H26N4OS/c1-4-16-20-13-9-7-11-15(18(13)25-16)22(2)19(24)17-12-8-5-6-10-14(12)23(3)21-17/h15H,4-11H2,1-3H3. The average molecular weight is 359 g/mol. The lowest BCUT2D eigenvalue weighted by atomic mass is 9.94. The van der Waals surface area contributed by atoms with Crippen LogP contribution in [-0.4, -0.2) is 32.6 Å². The van der Waals surface area contributed by atoms with Crippen LogP contribution < -0.4 is 0 Å². The molecule has 5 nitrogen and oxygen atoms in total. The summed E-state index contributed by atoms with van der Waals surface area (Å²) in [5, 5.41) is 5.79. The van der Waals surface area contributed by atoms with Crippen molar-refractivity contribution in [2.75, 3.05) is 7.05 Å². The third-order valence-electron chi connectivity index (χ3n) is 5.62. The molecule has 0 N–H and O–H groups in total. The van der Waals surface area contributed by atoms with Gasteiger partial charge in [-0.1, -0.05) is 6.92 Å². The number of carbonyl (C=O) groups excluding carboxylic acids is 1. The van der Waals surface area contributed by atoms with Crippen molar-refractivity contribution in [3.63, 3.8) is 0 Å². The number of hydrogen-bond acceptors (Lipinski definition) is 4. The van der Waals surface area contributed by atoms with E-state index in [1.807, 2.05) is 23.7 Å². The molecule has 134 valence electrons. The Morgan fingerprint density at radius 2 is 2.08 bits per heavy atom. The van der Waals surface area contributed by atoms with Gasteiger partial charge in [0.2, 0.25) is 0 Å². The second kappa shape index (κ2) is 6.56. The van der Waals surface area contributed by atoms with E-state index in [-0.39, 0.29) is 11.9 Å². The van der Waals surface area contributed by atoms with Crippen molar-refractivity contribution in [2.24, 2.45) is 7.05 Å². The van der Waals surface area contributed by atoms with Crippen LogP contribution in [0.4, 0.5) is 0 Å². The van der Waals surface area contributed by atoms with E-state index in [0.29, 0.717) is 5.69 Å². The molecule has 0 radical (unpaired) electrons. The summed E-state index contributed by atoms with van der Waals surface area (Å²) in [7, 11) is 3.91. The highest BCUT2D eigenvalue weighted by Gasteiger charge is 2.33. The summed E-state index contributed by atoms with van der Waals surface area (Å²) in [6.07, 6.45) is 8.51. The molecule has 0 saturated heterocycles. The molecule has 2 heterocycles. The molecule has 4 rings (SSSR count). The Bertz CT molecular complexity index is 807. The Morgan fingerprint density at radius 3 is 2.88 bits per heavy atom. The predicted octanol–water partition coefficient (Wildman–Crippen LogP) is 3.47. The topological polar surface area (TPSA) is 51.0 Å². The SMILES string of the molecule is CCc1nc2c(s1)C(N(C)C(=O)c1nn(C)c3c1CCCC3)CCC2. The minimum Gasteiger partial charge on any atom is -0.332 e. The van der Waals surface area contributed by atoms with Crippen LogP contribution >= 0.6 is 11.3 Å². The smallest absolute Gasteiger partial charge is 0.274 e. The van der Waals surface area contributed by atoms with Crippen molar-refractivity contribution >= 4 is 17.2 Å². The Balaban J connectivity index is 1.65. The van der Waals surface area contributed by atoms with Gasteiger partial charge in [0, 0.05) is 25.4 Å². The minimum absolute atomic E-state index is 0.0723. The van der Waals surface area contributed by atoms with Crippen LogP contribution in [-0.2, 0) is 32.7 Å². The molecule has 1 atom stereocenters. The molecular formula is C19H26N4OS. The van der Waals surface area contributed by atoms with Gasteiger partial charge >= 0.3 is 0 Å². The summed E-state index contributed by atoms with van der Waals surface area (Å²) < 4.78 is 1.92. The maximum atomic E-state index is 13.2. The van der Waals surface area contributed by atoms with Gasteiger partial charge in [-0.15, -0.1) is 11.3 Å². The average Bonchev–Trinajstić information content (AvgIpc) is 3.21. The van der Waals surface area contributed by atoms with Crippen molar-refractivity contribution < 1.29 is 4.79 Å². The highest BCUT2D eigenvalue weighted by Crippen LogP contribution is 2.38. The first-order chi connectivity index (χ1) is 12.1. The summed E-state index contributed by atoms with van der Waals surface area (Å²) >= 11 is 1.79. The van der Waals surface area contributed by atoms with Crippen LogP contribution in [0.5, 0.6) is 0 Å². The minimum atomic E-state index is 0.0723. The first kappa shape index (κ1) is 16.8. The molecule has 1 unspecified atom stereocenters. The van der Waals surface area contributed by atoms with Crippen LogP contribution in [0.2, 0.25) is 0 Å². The van der Waals surface area contributed by atoms with Gasteiger partial charge in [0.1, 0.15) is 0 Å². The van der Waals surface area contributed by atoms with Crippen molar-refractivity contribution in [3.8, 4) is 0 Å². The molecule has 25 heavy (non-hydrogen) atoms. The molecule has 2 aromatic rings. The number of thiazole rings is 1. The summed E-state index contributed by atoms with van der Waals surface area (Å²) in [6, 6.07) is 0.148. The van der Waals surface area contributed by atoms with E-state index in [1.54, 1.807) is 11.3 Å². The molecule has 0 aromatic carbocycles. The Hall–Kier alpha value is -1.69. The normalized spacial score (nSPS) is 19.4. The highest BCUT2D eigenvalue weighted by molar-refractivity contribution is 7.11. The van der Waals surface area contributed by atoms with Gasteiger partial charge < -0.3 is 4.90 Å². The van der Waals surface area contributed by atoms with Crippen LogP contribution in [0, 0.1) is 0 Å². The quantitative estimate of drug-likeness (QED) is 0.844. The molecule has 0 spiro atoms. The van der Waals surface area contributed by atoms with E-state index in [9.17, 15) is 4.79 Å². The molecule has 1 amide bonds. The zero-order valence-corrected chi connectivity index (χ0v) is 16.2. The van der Waals surface area contributed by atoms with Crippen LogP contribution in [0.25, 0.3) is 0 Å². The van der Waals surface area contributed by atoms with Crippen molar-refractivity contribution in [1.82, 2.24) is 19.7 Å². The van der Waals surface area contributed by atoms with Gasteiger partial charge in [-0.05, 0) is 51.4 Å². The second-order valence-corrected chi connectivity index (χ2v) is 8.32. The summed E-state index contributed by atoms with van der Waals surface area (Å²) in [4.78, 5) is 21.2. The molecule has 2 aromatic heterocycles. The van der Waals surface area contributed by atoms with Gasteiger partial charge in [-0.3, -0.25) is 9.48 Å². The third kappa shape index (κ3) is 2.80. The van der Waals surface area contributed by atoms with E-state index in [2.05, 4.69) is 12.0 Å². The predicted molar refractivity (Wildman–Crippen MR) is 99.1 cm³/mol. The lowest BCUT2D eigenvalue weighted by Crippen LogP contribution is -2.33. The number of aromatic nitrogens is 3. The molecule has 2 aliphatic rings. The third-order valence-corrected chi connectivity index (χ3v) is 6.97. The molecule has 0 aliphatic heterocycles. The lowest BCUT2D eigenvalue weighted by Gasteiger charge is -2.30. The Kier molecular flexibility index (Phi) is 4.40. The summed E-state index contributed by atoms with van der Waals surface area (Å²) in [5.74, 6) is 0.0723. The van der Waals surface area contributed by atoms with Crippen molar-refractivity contribution in [2.45, 2.75) is 64.3 Å². The maximum absolute atomic E-state index is 13.2. The maximum Gasteiger partial charge on any atom is 0.274 e. The van der Waals surface area contributed by atoms with Gasteiger partial charge in [-0.25, -0.2) is 4.98 Å². The molecular weight excluding hydrogens is 332 g/mol. The van der Waals surface area contributed by atoms with Gasteiger partial charge in [0.05, 0.1) is 21.6 Å². The van der Waals surface area contributed by atoms with Crippen molar-refractivity contribution in [3.05, 3.63) is 32.5 Å². The number of rotatable bonds is 3. The number of carbonyl (C=O) groups is 1. The van der Waals surface area contributed by atoms with Crippen LogP contribution in [0.15, 0.2) is 0 Å². The van der Waals surface area contributed by atoms with E-state index in [1.165, 1.54) is 33.3 Å². The number of fused-ring (bicyclic) bond motifs is 2. The summed E-state index contributed by atoms with van der Waals surface area (Å²) in [5.41, 5.74) is 4.31. The second-order valence-electron chi connectivity index (χ2n) is 7.20. The van der Waals surface area contributed by atoms with Crippen LogP contribution in [0.1, 0.15) is 76.0 Å². The van der Waals surface area contributed by atoms with Gasteiger partial charge in [0.25, 0.3) is 5.91 Å². The molecule has 0 fully saturated rings. The van der Waals surface area contributed by atoms with Crippen LogP contribution in [0.3, 0.4) is 0 Å². The van der Waals surface area contributed by atoms with E-state index >= 15 is 0 Å². The van der Waals surface area contributed by atoms with E-state index < -0.39 is 0 Å². The fraction of sp³-hybridized carbons (Fsp3) is 0.632. The number of aryl methyl sites for hydroxylation is 3. The summed E-state index contributed by atoms with van der Waals surface area (Å²) in [6.45, 7) is 2.15. The molecule has 6 heteroatoms. The van der Waals surface area contributed by atoms with E-state index in [0.717, 1.165) is 44.9 Å². The number of nitrogens with zero attached hydrogens (tertiary/aromatic N) is 4. The first-order valence-corrected chi connectivity index (χ1v) is 10.2. The first-order valence-electron chi connectivity index (χ1n) is 9.40. The number of amides is 1. The molecule has 2 aliphatic carbocycles. The zero-order valence-electron chi connectivity index (χ0n) is 15.3. The molecule has 0 bridgehead atoms. The van der Waals surface area contributed by atoms with Gasteiger partial charge in [-0.2, -0.15) is 5.10 Å². The fourth-order valence-corrected chi connectivity index (χ4v) is 5.45. The lowest BCUT2D eigenvalue weighted by molar-refractivity contribution is 0.0710. The largest absolute Gasteiger partial charge is 0.332 e. The Morgan fingerprint density at radius 1 is 1.28 bits per heavy atom. The Labute approximate surface area is 153 Å². The molecule has 0 saturated carbocycles. The number of hydrogen-bond donors (Lipinski definition) is 0.